The Morgan fingerprint density at radius 2 is 2.37 bits per heavy atom. The average Bonchev–Trinajstić information content (AvgIpc) is 2.37. The molecule has 1 aromatic rings. The number of benzene rings is 1. The van der Waals surface area contributed by atoms with Crippen molar-refractivity contribution in [2.24, 2.45) is 5.92 Å². The van der Waals surface area contributed by atoms with Gasteiger partial charge in [-0.15, -0.1) is 0 Å². The number of nitrogens with zero attached hydrogens (tertiary/aromatic N) is 1. The fraction of sp³-hybridized carbons (Fsp3) is 0.500. The smallest absolute Gasteiger partial charge is 0.337 e. The molecule has 0 aromatic heterocycles. The first kappa shape index (κ1) is 14.3. The van der Waals surface area contributed by atoms with E-state index in [2.05, 4.69) is 33.2 Å². The molecular formula is C14H19BrN2O2. The van der Waals surface area contributed by atoms with Gasteiger partial charge in [0.05, 0.1) is 5.56 Å². The van der Waals surface area contributed by atoms with E-state index < -0.39 is 5.97 Å². The van der Waals surface area contributed by atoms with Crippen LogP contribution in [0, 0.1) is 5.92 Å². The van der Waals surface area contributed by atoms with E-state index in [0.29, 0.717) is 17.2 Å². The highest BCUT2D eigenvalue weighted by Crippen LogP contribution is 2.22. The summed E-state index contributed by atoms with van der Waals surface area (Å²) in [5.74, 6) is -0.311. The van der Waals surface area contributed by atoms with Gasteiger partial charge < -0.3 is 15.3 Å². The first-order chi connectivity index (χ1) is 9.06. The van der Waals surface area contributed by atoms with Crippen molar-refractivity contribution >= 4 is 27.6 Å². The predicted octanol–water partition coefficient (Wildman–Crippen LogP) is 2.90. The molecule has 1 heterocycles. The molecular weight excluding hydrogens is 308 g/mol. The van der Waals surface area contributed by atoms with Crippen molar-refractivity contribution in [3.8, 4) is 0 Å². The topological polar surface area (TPSA) is 52.6 Å². The first-order valence-corrected chi connectivity index (χ1v) is 7.31. The Bertz CT molecular complexity index is 465. The van der Waals surface area contributed by atoms with Crippen LogP contribution >= 0.6 is 15.9 Å². The number of carbonyl (C=O) groups is 1. The summed E-state index contributed by atoms with van der Waals surface area (Å²) in [7, 11) is 2.13. The summed E-state index contributed by atoms with van der Waals surface area (Å²) >= 11 is 3.30. The van der Waals surface area contributed by atoms with Gasteiger partial charge in [-0.2, -0.15) is 0 Å². The molecule has 1 aromatic carbocycles. The third-order valence-corrected chi connectivity index (χ3v) is 4.01. The van der Waals surface area contributed by atoms with Crippen LogP contribution in [0.2, 0.25) is 0 Å². The predicted molar refractivity (Wildman–Crippen MR) is 79.8 cm³/mol. The van der Waals surface area contributed by atoms with Gasteiger partial charge in [0.15, 0.2) is 0 Å². The standard InChI is InChI=1S/C14H19BrN2O2/c1-17-6-2-3-10(9-17)8-16-13-5-4-11(15)7-12(13)14(18)19/h4-5,7,10,16H,2-3,6,8-9H2,1H3,(H,18,19). The van der Waals surface area contributed by atoms with Crippen molar-refractivity contribution in [2.45, 2.75) is 12.8 Å². The summed E-state index contributed by atoms with van der Waals surface area (Å²) in [6.07, 6.45) is 2.42. The fourth-order valence-corrected chi connectivity index (χ4v) is 2.90. The van der Waals surface area contributed by atoms with E-state index in [-0.39, 0.29) is 0 Å². The van der Waals surface area contributed by atoms with Crippen LogP contribution in [0.3, 0.4) is 0 Å². The Balaban J connectivity index is 2.01. The van der Waals surface area contributed by atoms with E-state index in [1.165, 1.54) is 12.8 Å². The number of hydrogen-bond acceptors (Lipinski definition) is 3. The molecule has 2 rings (SSSR count). The van der Waals surface area contributed by atoms with Crippen molar-refractivity contribution in [1.29, 1.82) is 0 Å². The van der Waals surface area contributed by atoms with Gasteiger partial charge in [-0.3, -0.25) is 0 Å². The molecule has 5 heteroatoms. The van der Waals surface area contributed by atoms with Crippen LogP contribution in [0.4, 0.5) is 5.69 Å². The molecule has 0 aliphatic carbocycles. The summed E-state index contributed by atoms with van der Waals surface area (Å²) in [5.41, 5.74) is 1.02. The minimum absolute atomic E-state index is 0.318. The summed E-state index contributed by atoms with van der Waals surface area (Å²) in [6.45, 7) is 3.06. The summed E-state index contributed by atoms with van der Waals surface area (Å²) in [6, 6.07) is 5.32. The van der Waals surface area contributed by atoms with E-state index in [9.17, 15) is 9.90 Å². The monoisotopic (exact) mass is 326 g/mol. The summed E-state index contributed by atoms with van der Waals surface area (Å²) in [5, 5.41) is 12.5. The maximum Gasteiger partial charge on any atom is 0.337 e. The highest BCUT2D eigenvalue weighted by molar-refractivity contribution is 9.10. The highest BCUT2D eigenvalue weighted by atomic mass is 79.9. The molecule has 1 fully saturated rings. The van der Waals surface area contributed by atoms with Gasteiger partial charge in [0.1, 0.15) is 0 Å². The maximum atomic E-state index is 11.2. The molecule has 1 saturated heterocycles. The van der Waals surface area contributed by atoms with E-state index in [4.69, 9.17) is 0 Å². The Kier molecular flexibility index (Phi) is 4.82. The Morgan fingerprint density at radius 3 is 3.05 bits per heavy atom. The Hall–Kier alpha value is -1.07. The number of piperidine rings is 1. The molecule has 0 amide bonds. The number of rotatable bonds is 4. The lowest BCUT2D eigenvalue weighted by Gasteiger charge is -2.30. The molecule has 1 aliphatic heterocycles. The van der Waals surface area contributed by atoms with Crippen molar-refractivity contribution in [3.05, 3.63) is 28.2 Å². The molecule has 0 radical (unpaired) electrons. The van der Waals surface area contributed by atoms with Crippen molar-refractivity contribution in [2.75, 3.05) is 32.0 Å². The second-order valence-electron chi connectivity index (χ2n) is 5.15. The molecule has 1 aliphatic rings. The van der Waals surface area contributed by atoms with Gasteiger partial charge in [-0.1, -0.05) is 15.9 Å². The van der Waals surface area contributed by atoms with Gasteiger partial charge in [-0.25, -0.2) is 4.79 Å². The lowest BCUT2D eigenvalue weighted by Crippen LogP contribution is -2.35. The Morgan fingerprint density at radius 1 is 1.58 bits per heavy atom. The van der Waals surface area contributed by atoms with Crippen LogP contribution in [0.25, 0.3) is 0 Å². The third-order valence-electron chi connectivity index (χ3n) is 3.52. The number of nitrogens with one attached hydrogen (secondary N) is 1. The molecule has 19 heavy (non-hydrogen) atoms. The molecule has 0 saturated carbocycles. The molecule has 0 bridgehead atoms. The number of carboxylic acid groups (broad SMARTS) is 1. The lowest BCUT2D eigenvalue weighted by atomic mass is 9.98. The number of likely N-dealkylation sites (tertiary alicyclic amines) is 1. The van der Waals surface area contributed by atoms with Crippen LogP contribution < -0.4 is 5.32 Å². The van der Waals surface area contributed by atoms with E-state index >= 15 is 0 Å². The number of carboxylic acids is 1. The van der Waals surface area contributed by atoms with Gasteiger partial charge in [-0.05, 0) is 50.6 Å². The molecule has 1 atom stereocenters. The minimum Gasteiger partial charge on any atom is -0.478 e. The average molecular weight is 327 g/mol. The second kappa shape index (κ2) is 6.39. The highest BCUT2D eigenvalue weighted by Gasteiger charge is 2.18. The van der Waals surface area contributed by atoms with Crippen LogP contribution in [0.1, 0.15) is 23.2 Å². The first-order valence-electron chi connectivity index (χ1n) is 6.51. The minimum atomic E-state index is -0.899. The van der Waals surface area contributed by atoms with Crippen LogP contribution in [0.5, 0.6) is 0 Å². The van der Waals surface area contributed by atoms with Crippen molar-refractivity contribution in [1.82, 2.24) is 4.90 Å². The maximum absolute atomic E-state index is 11.2. The summed E-state index contributed by atoms with van der Waals surface area (Å²) < 4.78 is 0.785. The van der Waals surface area contributed by atoms with Crippen LogP contribution in [0.15, 0.2) is 22.7 Å². The largest absolute Gasteiger partial charge is 0.478 e. The van der Waals surface area contributed by atoms with Gasteiger partial charge in [0, 0.05) is 23.2 Å². The normalized spacial score (nSPS) is 20.2. The SMILES string of the molecule is CN1CCCC(CNc2ccc(Br)cc2C(=O)O)C1. The molecule has 104 valence electrons. The van der Waals surface area contributed by atoms with Crippen LogP contribution in [-0.4, -0.2) is 42.7 Å². The second-order valence-corrected chi connectivity index (χ2v) is 6.06. The Labute approximate surface area is 121 Å². The zero-order chi connectivity index (χ0) is 13.8. The van der Waals surface area contributed by atoms with E-state index in [1.54, 1.807) is 6.07 Å². The number of halogens is 1. The summed E-state index contributed by atoms with van der Waals surface area (Å²) in [4.78, 5) is 13.5. The van der Waals surface area contributed by atoms with E-state index in [1.807, 2.05) is 12.1 Å². The van der Waals surface area contributed by atoms with Crippen LogP contribution in [-0.2, 0) is 0 Å². The lowest BCUT2D eigenvalue weighted by molar-refractivity contribution is 0.0698. The zero-order valence-electron chi connectivity index (χ0n) is 11.0. The molecule has 2 N–H and O–H groups in total. The fourth-order valence-electron chi connectivity index (χ4n) is 2.54. The van der Waals surface area contributed by atoms with Crippen molar-refractivity contribution in [3.63, 3.8) is 0 Å². The molecule has 0 spiro atoms. The third kappa shape index (κ3) is 3.94. The van der Waals surface area contributed by atoms with Crippen molar-refractivity contribution < 1.29 is 9.90 Å². The van der Waals surface area contributed by atoms with E-state index in [0.717, 1.165) is 24.1 Å². The van der Waals surface area contributed by atoms with Gasteiger partial charge in [0.25, 0.3) is 0 Å². The van der Waals surface area contributed by atoms with Gasteiger partial charge >= 0.3 is 5.97 Å². The number of hydrogen-bond donors (Lipinski definition) is 2. The zero-order valence-corrected chi connectivity index (χ0v) is 12.6. The number of aromatic carboxylic acids is 1. The molecule has 1 unspecified atom stereocenters. The quantitative estimate of drug-likeness (QED) is 0.893. The molecule has 4 nitrogen and oxygen atoms in total. The van der Waals surface area contributed by atoms with Gasteiger partial charge in [0.2, 0.25) is 0 Å². The number of anilines is 1.